The van der Waals surface area contributed by atoms with E-state index < -0.39 is 6.03 Å². The molecule has 0 bridgehead atoms. The van der Waals surface area contributed by atoms with E-state index in [9.17, 15) is 4.79 Å². The number of aryl methyl sites for hydroxylation is 2. The number of urea groups is 1. The molecule has 0 atom stereocenters. The van der Waals surface area contributed by atoms with Gasteiger partial charge in [0, 0.05) is 30.0 Å². The monoisotopic (exact) mass is 327 g/mol. The Kier molecular flexibility index (Phi) is 6.47. The van der Waals surface area contributed by atoms with Crippen molar-refractivity contribution in [1.29, 1.82) is 0 Å². The highest BCUT2D eigenvalue weighted by atomic mass is 16.2. The standard InChI is InChI=1S/C20H29N3O/c1-4-7-11-23-18(6-3)14-16(5-2)19(23)13-15-9-8-10-17(12-15)22-20(21)24/h8-10,12,14H,4-7,11,13H2,1-3H3,(H3,21,22,24). The van der Waals surface area contributed by atoms with E-state index in [1.807, 2.05) is 18.2 Å². The van der Waals surface area contributed by atoms with Crippen LogP contribution in [-0.4, -0.2) is 10.6 Å². The molecule has 1 aromatic heterocycles. The second-order valence-electron chi connectivity index (χ2n) is 6.19. The summed E-state index contributed by atoms with van der Waals surface area (Å²) in [6.45, 7) is 7.74. The van der Waals surface area contributed by atoms with Crippen LogP contribution >= 0.6 is 0 Å². The molecule has 2 rings (SSSR count). The molecular formula is C20H29N3O. The average molecular weight is 327 g/mol. The lowest BCUT2D eigenvalue weighted by molar-refractivity contribution is 0.259. The third-order valence-corrected chi connectivity index (χ3v) is 4.43. The average Bonchev–Trinajstić information content (AvgIpc) is 2.89. The maximum absolute atomic E-state index is 11.1. The Bertz CT molecular complexity index is 688. The molecule has 1 heterocycles. The number of unbranched alkanes of at least 4 members (excludes halogenated alkanes) is 1. The molecule has 0 aliphatic heterocycles. The van der Waals surface area contributed by atoms with Gasteiger partial charge in [0.2, 0.25) is 0 Å². The van der Waals surface area contributed by atoms with Crippen molar-refractivity contribution in [2.45, 2.75) is 59.4 Å². The van der Waals surface area contributed by atoms with Crippen molar-refractivity contribution in [1.82, 2.24) is 4.57 Å². The Balaban J connectivity index is 2.33. The summed E-state index contributed by atoms with van der Waals surface area (Å²) in [6.07, 6.45) is 5.36. The minimum Gasteiger partial charge on any atom is -0.351 e. The molecule has 2 aromatic rings. The molecule has 0 saturated heterocycles. The van der Waals surface area contributed by atoms with Gasteiger partial charge in [-0.1, -0.05) is 39.3 Å². The van der Waals surface area contributed by atoms with E-state index in [1.165, 1.54) is 35.4 Å². The Labute approximate surface area is 145 Å². The number of benzene rings is 1. The van der Waals surface area contributed by atoms with Gasteiger partial charge < -0.3 is 15.6 Å². The summed E-state index contributed by atoms with van der Waals surface area (Å²) < 4.78 is 2.50. The highest BCUT2D eigenvalue weighted by Crippen LogP contribution is 2.23. The van der Waals surface area contributed by atoms with E-state index in [2.05, 4.69) is 42.8 Å². The molecule has 0 aliphatic carbocycles. The maximum Gasteiger partial charge on any atom is 0.316 e. The summed E-state index contributed by atoms with van der Waals surface area (Å²) in [5, 5.41) is 2.66. The lowest BCUT2D eigenvalue weighted by atomic mass is 10.0. The molecule has 4 nitrogen and oxygen atoms in total. The lowest BCUT2D eigenvalue weighted by Gasteiger charge is -2.14. The zero-order valence-electron chi connectivity index (χ0n) is 15.1. The fraction of sp³-hybridized carbons (Fsp3) is 0.450. The molecule has 0 saturated carbocycles. The number of aromatic nitrogens is 1. The summed E-state index contributed by atoms with van der Waals surface area (Å²) in [6, 6.07) is 9.77. The lowest BCUT2D eigenvalue weighted by Crippen LogP contribution is -2.19. The van der Waals surface area contributed by atoms with Gasteiger partial charge in [0.15, 0.2) is 0 Å². The normalized spacial score (nSPS) is 10.8. The number of hydrogen-bond donors (Lipinski definition) is 2. The van der Waals surface area contributed by atoms with Crippen LogP contribution in [0.5, 0.6) is 0 Å². The summed E-state index contributed by atoms with van der Waals surface area (Å²) in [5.74, 6) is 0. The number of nitrogens with one attached hydrogen (secondary N) is 1. The number of amides is 2. The summed E-state index contributed by atoms with van der Waals surface area (Å²) in [7, 11) is 0. The summed E-state index contributed by atoms with van der Waals surface area (Å²) in [4.78, 5) is 11.1. The van der Waals surface area contributed by atoms with Crippen molar-refractivity contribution in [3.05, 3.63) is 52.8 Å². The third kappa shape index (κ3) is 4.40. The minimum atomic E-state index is -0.527. The van der Waals surface area contributed by atoms with Gasteiger partial charge in [-0.05, 0) is 48.6 Å². The highest BCUT2D eigenvalue weighted by molar-refractivity contribution is 5.87. The van der Waals surface area contributed by atoms with Gasteiger partial charge in [-0.15, -0.1) is 0 Å². The van der Waals surface area contributed by atoms with Gasteiger partial charge >= 0.3 is 6.03 Å². The molecule has 0 aliphatic rings. The Morgan fingerprint density at radius 2 is 1.96 bits per heavy atom. The van der Waals surface area contributed by atoms with Crippen LogP contribution in [0.1, 0.15) is 56.1 Å². The highest BCUT2D eigenvalue weighted by Gasteiger charge is 2.13. The second kappa shape index (κ2) is 8.57. The van der Waals surface area contributed by atoms with E-state index in [-0.39, 0.29) is 0 Å². The number of hydrogen-bond acceptors (Lipinski definition) is 1. The smallest absolute Gasteiger partial charge is 0.316 e. The van der Waals surface area contributed by atoms with Gasteiger partial charge in [-0.3, -0.25) is 0 Å². The van der Waals surface area contributed by atoms with Crippen LogP contribution in [0.15, 0.2) is 30.3 Å². The van der Waals surface area contributed by atoms with Crippen LogP contribution in [0, 0.1) is 0 Å². The molecule has 24 heavy (non-hydrogen) atoms. The summed E-state index contributed by atoms with van der Waals surface area (Å²) in [5.41, 5.74) is 11.4. The first-order valence-electron chi connectivity index (χ1n) is 8.94. The maximum atomic E-state index is 11.1. The van der Waals surface area contributed by atoms with E-state index in [0.29, 0.717) is 0 Å². The van der Waals surface area contributed by atoms with E-state index >= 15 is 0 Å². The number of primary amides is 1. The number of carbonyl (C=O) groups is 1. The third-order valence-electron chi connectivity index (χ3n) is 4.43. The van der Waals surface area contributed by atoms with Crippen LogP contribution in [0.25, 0.3) is 0 Å². The van der Waals surface area contributed by atoms with E-state index in [1.54, 1.807) is 0 Å². The zero-order valence-corrected chi connectivity index (χ0v) is 15.1. The topological polar surface area (TPSA) is 60.1 Å². The Morgan fingerprint density at radius 3 is 2.58 bits per heavy atom. The zero-order chi connectivity index (χ0) is 17.5. The first-order valence-corrected chi connectivity index (χ1v) is 8.94. The van der Waals surface area contributed by atoms with Crippen molar-refractivity contribution >= 4 is 11.7 Å². The second-order valence-corrected chi connectivity index (χ2v) is 6.19. The van der Waals surface area contributed by atoms with Gasteiger partial charge in [-0.2, -0.15) is 0 Å². The first kappa shape index (κ1) is 18.1. The van der Waals surface area contributed by atoms with Crippen molar-refractivity contribution in [3.8, 4) is 0 Å². The SMILES string of the molecule is CCCCn1c(CC)cc(CC)c1Cc1cccc(NC(N)=O)c1. The fourth-order valence-corrected chi connectivity index (χ4v) is 3.21. The van der Waals surface area contributed by atoms with Crippen molar-refractivity contribution in [3.63, 3.8) is 0 Å². The number of nitrogens with zero attached hydrogens (tertiary/aromatic N) is 1. The predicted molar refractivity (Wildman–Crippen MR) is 101 cm³/mol. The Morgan fingerprint density at radius 1 is 1.17 bits per heavy atom. The quantitative estimate of drug-likeness (QED) is 0.737. The molecule has 2 amide bonds. The molecule has 3 N–H and O–H groups in total. The van der Waals surface area contributed by atoms with Gasteiger partial charge in [-0.25, -0.2) is 4.79 Å². The van der Waals surface area contributed by atoms with Gasteiger partial charge in [0.1, 0.15) is 0 Å². The summed E-state index contributed by atoms with van der Waals surface area (Å²) >= 11 is 0. The molecule has 130 valence electrons. The minimum absolute atomic E-state index is 0.527. The van der Waals surface area contributed by atoms with E-state index in [0.717, 1.165) is 31.5 Å². The van der Waals surface area contributed by atoms with Crippen LogP contribution in [0.3, 0.4) is 0 Å². The molecule has 0 unspecified atom stereocenters. The van der Waals surface area contributed by atoms with Gasteiger partial charge in [0.05, 0.1) is 0 Å². The molecule has 1 aromatic carbocycles. The molecule has 0 radical (unpaired) electrons. The van der Waals surface area contributed by atoms with Crippen molar-refractivity contribution < 1.29 is 4.79 Å². The number of anilines is 1. The Hall–Kier alpha value is -2.23. The fourth-order valence-electron chi connectivity index (χ4n) is 3.21. The number of nitrogens with two attached hydrogens (primary N) is 1. The van der Waals surface area contributed by atoms with E-state index in [4.69, 9.17) is 5.73 Å². The van der Waals surface area contributed by atoms with Crippen LogP contribution in [0.4, 0.5) is 10.5 Å². The number of carbonyl (C=O) groups excluding carboxylic acids is 1. The van der Waals surface area contributed by atoms with Crippen LogP contribution in [-0.2, 0) is 25.8 Å². The first-order chi connectivity index (χ1) is 11.6. The van der Waals surface area contributed by atoms with Crippen LogP contribution < -0.4 is 11.1 Å². The van der Waals surface area contributed by atoms with Gasteiger partial charge in [0.25, 0.3) is 0 Å². The molecule has 0 spiro atoms. The van der Waals surface area contributed by atoms with Crippen LogP contribution in [0.2, 0.25) is 0 Å². The molecular weight excluding hydrogens is 298 g/mol. The predicted octanol–water partition coefficient (Wildman–Crippen LogP) is 4.49. The molecule has 4 heteroatoms. The largest absolute Gasteiger partial charge is 0.351 e. The van der Waals surface area contributed by atoms with Crippen molar-refractivity contribution in [2.24, 2.45) is 5.73 Å². The number of rotatable bonds is 8. The molecule has 0 fully saturated rings. The van der Waals surface area contributed by atoms with Crippen molar-refractivity contribution in [2.75, 3.05) is 5.32 Å².